The zero-order valence-electron chi connectivity index (χ0n) is 64.1. The highest BCUT2D eigenvalue weighted by Crippen LogP contribution is 2.47. The number of ether oxygens (including phenoxy) is 1. The number of aromatic hydroxyl groups is 7. The van der Waals surface area contributed by atoms with Crippen molar-refractivity contribution in [2.75, 3.05) is 6.61 Å². The summed E-state index contributed by atoms with van der Waals surface area (Å²) in [7, 11) is 0. The molecule has 0 aromatic heterocycles. The van der Waals surface area contributed by atoms with Gasteiger partial charge in [0.25, 0.3) is 0 Å². The monoisotopic (exact) mass is 1340 g/mol. The molecule has 9 nitrogen and oxygen atoms in total. The minimum atomic E-state index is -0.379. The Kier molecular flexibility index (Phi) is 20.1. The van der Waals surface area contributed by atoms with Gasteiger partial charge in [-0.3, -0.25) is 0 Å². The highest BCUT2D eigenvalue weighted by Gasteiger charge is 2.32. The highest BCUT2D eigenvalue weighted by atomic mass is 16.5. The van der Waals surface area contributed by atoms with Gasteiger partial charge in [-0.1, -0.05) is 263 Å². The van der Waals surface area contributed by atoms with E-state index in [0.717, 1.165) is 55.6 Å². The molecule has 8 aromatic carbocycles. The number of hydrogen-bond donors (Lipinski definition) is 7. The molecule has 8 aromatic rings. The fourth-order valence-corrected chi connectivity index (χ4v) is 13.6. The lowest BCUT2D eigenvalue weighted by Gasteiger charge is -2.27. The Morgan fingerprint density at radius 3 is 0.455 bits per heavy atom. The van der Waals surface area contributed by atoms with Crippen LogP contribution in [0.25, 0.3) is 0 Å². The second-order valence-electron chi connectivity index (χ2n) is 37.0. The van der Waals surface area contributed by atoms with Crippen molar-refractivity contribution in [3.05, 3.63) is 231 Å². The lowest BCUT2D eigenvalue weighted by Crippen LogP contribution is -2.16. The van der Waals surface area contributed by atoms with Gasteiger partial charge in [0.05, 0.1) is 0 Å². The smallest absolute Gasteiger partial charge is 0.174 e. The van der Waals surface area contributed by atoms with E-state index in [4.69, 9.17) is 4.74 Å². The molecular formula is C90H113NO8. The minimum absolute atomic E-state index is 0.0662. The van der Waals surface area contributed by atoms with Crippen molar-refractivity contribution in [2.45, 2.75) is 261 Å². The quantitative estimate of drug-likeness (QED) is 0.0889. The molecular weight excluding hydrogens is 1220 g/mol. The SMILES string of the molecule is CC(C)(C)c1cc2c(O)c(c1)Cc1cc(C(C)(C)C)cc(c1O)Cc1cc(C(C)(C)C)cc(c1O)Cc1cc(C(C)(C)C)cc(c1O)Cc1cc(C(C)(C)C)cc(c1OCC#N)Cc1cc(C(C)(C)C)cc(c1O)Cc1cc(C(C)(C)C)cc(c1O)Cc1cc(C(C)(C)C)cc(c1O)C2. The lowest BCUT2D eigenvalue weighted by molar-refractivity contribution is 0.360. The predicted molar refractivity (Wildman–Crippen MR) is 406 cm³/mol. The Balaban J connectivity index is 1.37. The van der Waals surface area contributed by atoms with Gasteiger partial charge in [0, 0.05) is 51.4 Å². The van der Waals surface area contributed by atoms with Crippen LogP contribution in [0.3, 0.4) is 0 Å². The van der Waals surface area contributed by atoms with Gasteiger partial charge in [0.15, 0.2) is 6.61 Å². The van der Waals surface area contributed by atoms with Crippen LogP contribution in [-0.4, -0.2) is 42.4 Å². The fraction of sp³-hybridized carbons (Fsp3) is 0.456. The van der Waals surface area contributed by atoms with E-state index in [1.165, 1.54) is 0 Å². The van der Waals surface area contributed by atoms with Crippen LogP contribution in [0.1, 0.15) is 300 Å². The van der Waals surface area contributed by atoms with Crippen LogP contribution in [0.2, 0.25) is 0 Å². The van der Waals surface area contributed by atoms with Gasteiger partial charge >= 0.3 is 0 Å². The van der Waals surface area contributed by atoms with Crippen molar-refractivity contribution >= 4 is 0 Å². The molecule has 7 N–H and O–H groups in total. The van der Waals surface area contributed by atoms with Gasteiger partial charge in [-0.15, -0.1) is 0 Å². The Morgan fingerprint density at radius 2 is 0.343 bits per heavy atom. The molecule has 99 heavy (non-hydrogen) atoms. The maximum Gasteiger partial charge on any atom is 0.174 e. The first-order valence-electron chi connectivity index (χ1n) is 35.5. The van der Waals surface area contributed by atoms with E-state index in [1.807, 2.05) is 72.8 Å². The summed E-state index contributed by atoms with van der Waals surface area (Å²) in [4.78, 5) is 0. The first-order chi connectivity index (χ1) is 45.4. The van der Waals surface area contributed by atoms with Crippen LogP contribution in [0.5, 0.6) is 46.0 Å². The largest absolute Gasteiger partial charge is 0.507 e. The third-order valence-electron chi connectivity index (χ3n) is 20.4. The summed E-state index contributed by atoms with van der Waals surface area (Å²) in [6, 6.07) is 35.1. The van der Waals surface area contributed by atoms with Gasteiger partial charge in [-0.05, 0) is 177 Å². The Hall–Kier alpha value is -8.35. The van der Waals surface area contributed by atoms with E-state index >= 15 is 0 Å². The van der Waals surface area contributed by atoms with Crippen molar-refractivity contribution in [1.29, 1.82) is 5.26 Å². The number of phenolic OH excluding ortho intramolecular Hbond substituents is 7. The molecule has 0 saturated carbocycles. The zero-order valence-corrected chi connectivity index (χ0v) is 64.1. The first-order valence-corrected chi connectivity index (χ1v) is 35.5. The molecule has 0 saturated heterocycles. The molecule has 9 heteroatoms. The summed E-state index contributed by atoms with van der Waals surface area (Å²) in [5.41, 5.74) is 15.1. The third kappa shape index (κ3) is 16.6. The summed E-state index contributed by atoms with van der Waals surface area (Å²) in [5, 5.41) is 100. The summed E-state index contributed by atoms with van der Waals surface area (Å²) < 4.78 is 6.60. The van der Waals surface area contributed by atoms with E-state index in [9.17, 15) is 41.0 Å². The number of phenols is 7. The molecule has 0 unspecified atom stereocenters. The minimum Gasteiger partial charge on any atom is -0.507 e. The van der Waals surface area contributed by atoms with Crippen molar-refractivity contribution in [3.8, 4) is 52.1 Å². The maximum atomic E-state index is 13.0. The van der Waals surface area contributed by atoms with Gasteiger partial charge in [-0.25, -0.2) is 0 Å². The number of nitriles is 1. The van der Waals surface area contributed by atoms with Crippen molar-refractivity contribution in [2.24, 2.45) is 0 Å². The first kappa shape index (κ1) is 74.9. The van der Waals surface area contributed by atoms with Crippen LogP contribution in [0, 0.1) is 11.3 Å². The average Bonchev–Trinajstić information content (AvgIpc) is 0.869. The molecule has 0 heterocycles. The molecule has 0 amide bonds. The second kappa shape index (κ2) is 26.6. The van der Waals surface area contributed by atoms with Crippen LogP contribution in [0.4, 0.5) is 0 Å². The molecule has 0 aliphatic heterocycles. The number of fused-ring (bicyclic) bond motifs is 16. The van der Waals surface area contributed by atoms with E-state index < -0.39 is 0 Å². The number of hydrogen-bond acceptors (Lipinski definition) is 9. The molecule has 0 spiro atoms. The van der Waals surface area contributed by atoms with Gasteiger partial charge in [0.2, 0.25) is 0 Å². The van der Waals surface area contributed by atoms with E-state index in [0.29, 0.717) is 83.6 Å². The van der Waals surface area contributed by atoms with Crippen LogP contribution in [-0.2, 0) is 94.7 Å². The van der Waals surface area contributed by atoms with Gasteiger partial charge in [-0.2, -0.15) is 5.26 Å². The van der Waals surface area contributed by atoms with E-state index in [-0.39, 0.29) is 142 Å². The van der Waals surface area contributed by atoms with Gasteiger partial charge < -0.3 is 40.5 Å². The Bertz CT molecular complexity index is 4220. The number of nitrogens with zero attached hydrogens (tertiary/aromatic N) is 1. The molecule has 9 rings (SSSR count). The average molecular weight is 1340 g/mol. The van der Waals surface area contributed by atoms with Crippen LogP contribution < -0.4 is 4.74 Å². The number of rotatable bonds is 2. The van der Waals surface area contributed by atoms with E-state index in [2.05, 4.69) is 197 Å². The second-order valence-corrected chi connectivity index (χ2v) is 37.0. The molecule has 1 aliphatic carbocycles. The van der Waals surface area contributed by atoms with Crippen LogP contribution in [0.15, 0.2) is 97.1 Å². The highest BCUT2D eigenvalue weighted by molar-refractivity contribution is 5.62. The van der Waals surface area contributed by atoms with E-state index in [1.54, 1.807) is 0 Å². The fourth-order valence-electron chi connectivity index (χ4n) is 13.6. The van der Waals surface area contributed by atoms with Crippen LogP contribution >= 0.6 is 0 Å². The molecule has 0 fully saturated rings. The Labute approximate surface area is 592 Å². The number of benzene rings is 8. The summed E-state index contributed by atoms with van der Waals surface area (Å²) in [6.07, 6.45) is 1.48. The van der Waals surface area contributed by atoms with Gasteiger partial charge in [0.1, 0.15) is 52.1 Å². The van der Waals surface area contributed by atoms with Crippen molar-refractivity contribution < 1.29 is 40.5 Å². The lowest BCUT2D eigenvalue weighted by atomic mass is 9.79. The standard InChI is InChI=1S/C90H113NO8/c1-83(2,3)67-35-51-27-53-37-68(84(4,5)6)39-55(76(53)93)29-57-41-70(86(10,11)12)43-59(78(57)95)31-61-45-72(88(16,17)18)47-63(80(61)97)33-65-49-74(90(22,23)24)50-66(82(65)99-26-25-91)34-64-48-73(89(19,20)21)46-62(81(64)98)32-60-44-71(87(13,14)15)42-58(79(60)96)30-56-40-69(85(7,8)9)38-54(77(56)94)28-52(36-67)75(51)92/h35-50,92-98H,26-34H2,1-24H3. The maximum absolute atomic E-state index is 13.0. The third-order valence-corrected chi connectivity index (χ3v) is 20.4. The summed E-state index contributed by atoms with van der Waals surface area (Å²) in [6.45, 7) is 51.2. The topological polar surface area (TPSA) is 175 Å². The predicted octanol–water partition coefficient (Wildman–Crippen LogP) is 20.9. The molecule has 16 bridgehead atoms. The summed E-state index contributed by atoms with van der Waals surface area (Å²) >= 11 is 0. The molecule has 1 aliphatic rings. The molecule has 526 valence electrons. The summed E-state index contributed by atoms with van der Waals surface area (Å²) in [5.74, 6) is 0.978. The molecule has 0 atom stereocenters. The van der Waals surface area contributed by atoms with Crippen molar-refractivity contribution in [1.82, 2.24) is 0 Å². The zero-order chi connectivity index (χ0) is 73.6. The Morgan fingerprint density at radius 1 is 0.232 bits per heavy atom. The normalized spacial score (nSPS) is 14.1. The van der Waals surface area contributed by atoms with Crippen molar-refractivity contribution in [3.63, 3.8) is 0 Å². The molecule has 0 radical (unpaired) electrons.